The summed E-state index contributed by atoms with van der Waals surface area (Å²) in [4.78, 5) is 12.5. The van der Waals surface area contributed by atoms with Gasteiger partial charge in [-0.05, 0) is 19.5 Å². The van der Waals surface area contributed by atoms with E-state index >= 15 is 0 Å². The first kappa shape index (κ1) is 10.8. The molecule has 0 atom stereocenters. The fourth-order valence-electron chi connectivity index (χ4n) is 0.617. The minimum atomic E-state index is -0.353. The molecule has 3 nitrogen and oxygen atoms in total. The molecular weight excluding hydrogens is 152 g/mol. The van der Waals surface area contributed by atoms with Crippen LogP contribution < -0.4 is 5.73 Å². The maximum atomic E-state index is 10.5. The Hall–Kier alpha value is -1.25. The standard InChI is InChI=1S/C9H16N2O/c1-8(9(10)12)6-4-5-7-11(2)3/h5-7H,4H2,1-3H3,(H2,10,12). The Morgan fingerprint density at radius 3 is 2.50 bits per heavy atom. The van der Waals surface area contributed by atoms with E-state index in [-0.39, 0.29) is 5.91 Å². The van der Waals surface area contributed by atoms with Crippen LogP contribution in [0.25, 0.3) is 0 Å². The lowest BCUT2D eigenvalue weighted by Gasteiger charge is -2.01. The summed E-state index contributed by atoms with van der Waals surface area (Å²) in [7, 11) is 3.89. The van der Waals surface area contributed by atoms with E-state index in [1.807, 2.05) is 37.3 Å². The molecule has 0 saturated heterocycles. The van der Waals surface area contributed by atoms with Gasteiger partial charge < -0.3 is 10.6 Å². The Bertz CT molecular complexity index is 205. The highest BCUT2D eigenvalue weighted by atomic mass is 16.1. The molecule has 0 aliphatic rings. The van der Waals surface area contributed by atoms with Crippen LogP contribution in [0.4, 0.5) is 0 Å². The van der Waals surface area contributed by atoms with E-state index in [1.54, 1.807) is 6.92 Å². The van der Waals surface area contributed by atoms with Crippen LogP contribution in [-0.4, -0.2) is 24.9 Å². The fraction of sp³-hybridized carbons (Fsp3) is 0.444. The highest BCUT2D eigenvalue weighted by Crippen LogP contribution is 1.95. The third kappa shape index (κ3) is 5.53. The summed E-state index contributed by atoms with van der Waals surface area (Å²) in [5, 5.41) is 0. The van der Waals surface area contributed by atoms with Crippen molar-refractivity contribution < 1.29 is 4.79 Å². The third-order valence-electron chi connectivity index (χ3n) is 1.35. The van der Waals surface area contributed by atoms with Gasteiger partial charge in [-0.25, -0.2) is 0 Å². The zero-order valence-electron chi connectivity index (χ0n) is 7.87. The minimum Gasteiger partial charge on any atom is -0.384 e. The highest BCUT2D eigenvalue weighted by Gasteiger charge is 1.93. The Morgan fingerprint density at radius 1 is 1.50 bits per heavy atom. The average molecular weight is 168 g/mol. The molecule has 0 aliphatic heterocycles. The molecule has 0 bridgehead atoms. The average Bonchev–Trinajstić information content (AvgIpc) is 1.97. The van der Waals surface area contributed by atoms with Gasteiger partial charge in [0.05, 0.1) is 0 Å². The van der Waals surface area contributed by atoms with Gasteiger partial charge in [-0.1, -0.05) is 12.2 Å². The molecule has 68 valence electrons. The number of carbonyl (C=O) groups is 1. The molecule has 0 aromatic heterocycles. The van der Waals surface area contributed by atoms with E-state index in [0.29, 0.717) is 5.57 Å². The van der Waals surface area contributed by atoms with E-state index < -0.39 is 0 Å². The topological polar surface area (TPSA) is 46.3 Å². The predicted octanol–water partition coefficient (Wildman–Crippen LogP) is 0.883. The number of carbonyl (C=O) groups excluding carboxylic acids is 1. The molecule has 0 fully saturated rings. The quantitative estimate of drug-likeness (QED) is 0.633. The lowest BCUT2D eigenvalue weighted by molar-refractivity contribution is -0.114. The van der Waals surface area contributed by atoms with Crippen molar-refractivity contribution in [1.29, 1.82) is 0 Å². The molecule has 0 radical (unpaired) electrons. The molecule has 3 heteroatoms. The van der Waals surface area contributed by atoms with Gasteiger partial charge in [0, 0.05) is 19.7 Å². The molecule has 2 N–H and O–H groups in total. The first-order chi connectivity index (χ1) is 5.54. The van der Waals surface area contributed by atoms with Gasteiger partial charge in [-0.2, -0.15) is 0 Å². The summed E-state index contributed by atoms with van der Waals surface area (Å²) in [6, 6.07) is 0. The van der Waals surface area contributed by atoms with E-state index in [1.165, 1.54) is 0 Å². The predicted molar refractivity (Wildman–Crippen MR) is 50.4 cm³/mol. The van der Waals surface area contributed by atoms with Gasteiger partial charge in [0.25, 0.3) is 0 Å². The van der Waals surface area contributed by atoms with Crippen LogP contribution in [0, 0.1) is 0 Å². The van der Waals surface area contributed by atoms with Crippen molar-refractivity contribution in [3.63, 3.8) is 0 Å². The smallest absolute Gasteiger partial charge is 0.244 e. The van der Waals surface area contributed by atoms with Crippen LogP contribution in [0.15, 0.2) is 23.9 Å². The van der Waals surface area contributed by atoms with Crippen molar-refractivity contribution in [2.45, 2.75) is 13.3 Å². The largest absolute Gasteiger partial charge is 0.384 e. The highest BCUT2D eigenvalue weighted by molar-refractivity contribution is 5.91. The Balaban J connectivity index is 3.82. The number of hydrogen-bond acceptors (Lipinski definition) is 2. The number of primary amides is 1. The van der Waals surface area contributed by atoms with Crippen LogP contribution in [0.5, 0.6) is 0 Å². The normalized spacial score (nSPS) is 12.1. The monoisotopic (exact) mass is 168 g/mol. The van der Waals surface area contributed by atoms with Crippen molar-refractivity contribution in [1.82, 2.24) is 4.90 Å². The van der Waals surface area contributed by atoms with Crippen LogP contribution >= 0.6 is 0 Å². The van der Waals surface area contributed by atoms with Gasteiger partial charge in [-0.15, -0.1) is 0 Å². The second-order valence-corrected chi connectivity index (χ2v) is 2.84. The van der Waals surface area contributed by atoms with Gasteiger partial charge >= 0.3 is 0 Å². The SMILES string of the molecule is CC(=CCC=CN(C)C)C(N)=O. The van der Waals surface area contributed by atoms with Gasteiger partial charge in [0.2, 0.25) is 5.91 Å². The summed E-state index contributed by atoms with van der Waals surface area (Å²) >= 11 is 0. The lowest BCUT2D eigenvalue weighted by atomic mass is 10.2. The Labute approximate surface area is 73.5 Å². The van der Waals surface area contributed by atoms with Crippen molar-refractivity contribution in [3.8, 4) is 0 Å². The van der Waals surface area contributed by atoms with Gasteiger partial charge in [0.1, 0.15) is 0 Å². The van der Waals surface area contributed by atoms with E-state index in [0.717, 1.165) is 6.42 Å². The first-order valence-electron chi connectivity index (χ1n) is 3.83. The fourth-order valence-corrected chi connectivity index (χ4v) is 0.617. The second kappa shape index (κ2) is 5.41. The van der Waals surface area contributed by atoms with E-state index in [2.05, 4.69) is 0 Å². The molecule has 0 heterocycles. The summed E-state index contributed by atoms with van der Waals surface area (Å²) in [6.07, 6.45) is 6.45. The van der Waals surface area contributed by atoms with Crippen molar-refractivity contribution in [3.05, 3.63) is 23.9 Å². The molecule has 0 saturated carbocycles. The van der Waals surface area contributed by atoms with Crippen LogP contribution in [0.2, 0.25) is 0 Å². The van der Waals surface area contributed by atoms with E-state index in [9.17, 15) is 4.79 Å². The number of hydrogen-bond donors (Lipinski definition) is 1. The number of rotatable bonds is 4. The number of allylic oxidation sites excluding steroid dienone is 2. The number of nitrogens with two attached hydrogens (primary N) is 1. The molecule has 1 amide bonds. The molecule has 0 aromatic rings. The first-order valence-corrected chi connectivity index (χ1v) is 3.83. The number of nitrogens with zero attached hydrogens (tertiary/aromatic N) is 1. The summed E-state index contributed by atoms with van der Waals surface area (Å²) in [5.74, 6) is -0.353. The summed E-state index contributed by atoms with van der Waals surface area (Å²) < 4.78 is 0. The van der Waals surface area contributed by atoms with E-state index in [4.69, 9.17) is 5.73 Å². The lowest BCUT2D eigenvalue weighted by Crippen LogP contribution is -2.11. The molecule has 0 spiro atoms. The zero-order valence-corrected chi connectivity index (χ0v) is 7.87. The maximum Gasteiger partial charge on any atom is 0.244 e. The van der Waals surface area contributed by atoms with Crippen LogP contribution in [0.1, 0.15) is 13.3 Å². The maximum absolute atomic E-state index is 10.5. The number of amides is 1. The van der Waals surface area contributed by atoms with Gasteiger partial charge in [0.15, 0.2) is 0 Å². The molecule has 12 heavy (non-hydrogen) atoms. The van der Waals surface area contributed by atoms with Crippen molar-refractivity contribution in [2.75, 3.05) is 14.1 Å². The summed E-state index contributed by atoms with van der Waals surface area (Å²) in [5.41, 5.74) is 5.65. The van der Waals surface area contributed by atoms with Crippen molar-refractivity contribution >= 4 is 5.91 Å². The van der Waals surface area contributed by atoms with Crippen LogP contribution in [0.3, 0.4) is 0 Å². The molecule has 0 aliphatic carbocycles. The molecule has 0 rings (SSSR count). The van der Waals surface area contributed by atoms with Crippen LogP contribution in [-0.2, 0) is 4.79 Å². The second-order valence-electron chi connectivity index (χ2n) is 2.84. The third-order valence-corrected chi connectivity index (χ3v) is 1.35. The Morgan fingerprint density at radius 2 is 2.08 bits per heavy atom. The minimum absolute atomic E-state index is 0.353. The zero-order chi connectivity index (χ0) is 9.56. The molecular formula is C9H16N2O. The van der Waals surface area contributed by atoms with Gasteiger partial charge in [-0.3, -0.25) is 4.79 Å². The molecule has 0 unspecified atom stereocenters. The Kier molecular flexibility index (Phi) is 4.84. The van der Waals surface area contributed by atoms with Crippen molar-refractivity contribution in [2.24, 2.45) is 5.73 Å². The molecule has 0 aromatic carbocycles. The summed E-state index contributed by atoms with van der Waals surface area (Å²) in [6.45, 7) is 1.71.